The molecule has 10 aromatic rings. The van der Waals surface area contributed by atoms with Gasteiger partial charge in [-0.1, -0.05) is 164 Å². The van der Waals surface area contributed by atoms with Crippen LogP contribution in [0.3, 0.4) is 0 Å². The summed E-state index contributed by atoms with van der Waals surface area (Å²) in [7, 11) is 0. The third-order valence-electron chi connectivity index (χ3n) is 11.2. The van der Waals surface area contributed by atoms with Gasteiger partial charge < -0.3 is 0 Å². The van der Waals surface area contributed by atoms with Crippen LogP contribution in [0, 0.1) is 0 Å². The maximum atomic E-state index is 5.39. The maximum absolute atomic E-state index is 5.39. The zero-order valence-electron chi connectivity index (χ0n) is 29.3. The topological polar surface area (TPSA) is 25.8 Å². The maximum Gasteiger partial charge on any atom is 0.160 e. The molecule has 2 aromatic heterocycles. The Labute approximate surface area is 317 Å². The molecule has 252 valence electrons. The number of thiophene rings is 1. The summed E-state index contributed by atoms with van der Waals surface area (Å²) in [6, 6.07) is 70.3. The van der Waals surface area contributed by atoms with Crippen LogP contribution in [-0.4, -0.2) is 9.97 Å². The summed E-state index contributed by atoms with van der Waals surface area (Å²) in [5.74, 6) is 0.724. The van der Waals surface area contributed by atoms with Crippen molar-refractivity contribution in [2.75, 3.05) is 0 Å². The van der Waals surface area contributed by atoms with E-state index in [0.29, 0.717) is 0 Å². The first-order valence-corrected chi connectivity index (χ1v) is 19.2. The van der Waals surface area contributed by atoms with Gasteiger partial charge in [-0.2, -0.15) is 0 Å². The Morgan fingerprint density at radius 2 is 0.981 bits per heavy atom. The van der Waals surface area contributed by atoms with Crippen LogP contribution in [0.5, 0.6) is 0 Å². The van der Waals surface area contributed by atoms with Gasteiger partial charge in [0, 0.05) is 36.7 Å². The molecule has 0 bridgehead atoms. The summed E-state index contributed by atoms with van der Waals surface area (Å²) < 4.78 is 2.50. The van der Waals surface area contributed by atoms with Gasteiger partial charge >= 0.3 is 0 Å². The van der Waals surface area contributed by atoms with Gasteiger partial charge in [-0.25, -0.2) is 9.97 Å². The van der Waals surface area contributed by atoms with Crippen molar-refractivity contribution in [1.29, 1.82) is 0 Å². The average Bonchev–Trinajstić information content (AvgIpc) is 3.78. The SMILES string of the molecule is c1ccc(-c2nc(-c3cccc(-c4cccc(C5(c6ccccc6)c6ccccc6-c6ccccc65)c4)c3)nc3c2ccc2sc4ccccc4c23)cc1. The monoisotopic (exact) mass is 704 g/mol. The molecule has 0 aliphatic heterocycles. The van der Waals surface area contributed by atoms with E-state index in [1.54, 1.807) is 0 Å². The normalized spacial score (nSPS) is 13.0. The van der Waals surface area contributed by atoms with Crippen LogP contribution in [0.4, 0.5) is 0 Å². The van der Waals surface area contributed by atoms with E-state index in [1.165, 1.54) is 53.6 Å². The highest BCUT2D eigenvalue weighted by atomic mass is 32.1. The van der Waals surface area contributed by atoms with Gasteiger partial charge in [0.05, 0.1) is 16.6 Å². The highest BCUT2D eigenvalue weighted by molar-refractivity contribution is 7.26. The first-order chi connectivity index (χ1) is 26.8. The molecule has 11 rings (SSSR count). The van der Waals surface area contributed by atoms with Gasteiger partial charge in [0.2, 0.25) is 0 Å². The first-order valence-electron chi connectivity index (χ1n) is 18.4. The molecule has 2 heterocycles. The Bertz CT molecular complexity index is 3010. The second kappa shape index (κ2) is 12.2. The first kappa shape index (κ1) is 30.9. The van der Waals surface area contributed by atoms with Crippen LogP contribution in [0.2, 0.25) is 0 Å². The molecule has 1 aliphatic rings. The summed E-state index contributed by atoms with van der Waals surface area (Å²) >= 11 is 1.82. The minimum atomic E-state index is -0.456. The minimum Gasteiger partial charge on any atom is -0.227 e. The molecule has 0 radical (unpaired) electrons. The smallest absolute Gasteiger partial charge is 0.160 e. The number of hydrogen-bond acceptors (Lipinski definition) is 3. The van der Waals surface area contributed by atoms with Crippen LogP contribution in [0.15, 0.2) is 194 Å². The number of aromatic nitrogens is 2. The van der Waals surface area contributed by atoms with E-state index in [-0.39, 0.29) is 0 Å². The number of benzene rings is 8. The predicted octanol–water partition coefficient (Wildman–Crippen LogP) is 13.4. The molecule has 0 amide bonds. The highest BCUT2D eigenvalue weighted by Crippen LogP contribution is 2.56. The summed E-state index contributed by atoms with van der Waals surface area (Å²) in [5, 5.41) is 3.49. The van der Waals surface area contributed by atoms with E-state index < -0.39 is 5.41 Å². The molecular formula is C51H32N2S. The molecule has 8 aromatic carbocycles. The van der Waals surface area contributed by atoms with Crippen molar-refractivity contribution in [2.24, 2.45) is 0 Å². The predicted molar refractivity (Wildman–Crippen MR) is 226 cm³/mol. The average molecular weight is 705 g/mol. The zero-order valence-corrected chi connectivity index (χ0v) is 30.1. The van der Waals surface area contributed by atoms with Gasteiger partial charge in [-0.15, -0.1) is 11.3 Å². The molecule has 0 saturated carbocycles. The van der Waals surface area contributed by atoms with Crippen LogP contribution < -0.4 is 0 Å². The number of fused-ring (bicyclic) bond motifs is 8. The summed E-state index contributed by atoms with van der Waals surface area (Å²) in [6.07, 6.45) is 0. The van der Waals surface area contributed by atoms with Crippen LogP contribution in [0.25, 0.3) is 76.0 Å². The quantitative estimate of drug-likeness (QED) is 0.178. The Balaban J connectivity index is 1.11. The van der Waals surface area contributed by atoms with Crippen LogP contribution in [0.1, 0.15) is 22.3 Å². The van der Waals surface area contributed by atoms with Crippen molar-refractivity contribution in [3.63, 3.8) is 0 Å². The standard InChI is InChI=1S/C51H32N2S/c1-3-15-33(16-4-1)48-42-29-30-46-47(41-25-9-12-28-45(41)54-46)49(42)53-50(52-48)36-19-13-17-34(31-36)35-18-14-22-38(32-35)51(37-20-5-2-6-21-37)43-26-10-7-23-39(43)40-24-8-11-27-44(40)51/h1-32H. The van der Waals surface area contributed by atoms with Gasteiger partial charge in [0.15, 0.2) is 5.82 Å². The summed E-state index contributed by atoms with van der Waals surface area (Å²) in [6.45, 7) is 0. The molecule has 0 unspecified atom stereocenters. The van der Waals surface area contributed by atoms with Crippen LogP contribution >= 0.6 is 11.3 Å². The van der Waals surface area contributed by atoms with Gasteiger partial charge in [0.25, 0.3) is 0 Å². The second-order valence-corrected chi connectivity index (χ2v) is 15.1. The fourth-order valence-corrected chi connectivity index (χ4v) is 9.94. The fourth-order valence-electron chi connectivity index (χ4n) is 8.83. The van der Waals surface area contributed by atoms with Gasteiger partial charge in [-0.3, -0.25) is 0 Å². The van der Waals surface area contributed by atoms with Crippen molar-refractivity contribution in [1.82, 2.24) is 9.97 Å². The highest BCUT2D eigenvalue weighted by Gasteiger charge is 2.45. The molecule has 3 heteroatoms. The largest absolute Gasteiger partial charge is 0.227 e. The fraction of sp³-hybridized carbons (Fsp3) is 0.0196. The number of rotatable bonds is 5. The van der Waals surface area contributed by atoms with E-state index >= 15 is 0 Å². The molecule has 0 atom stereocenters. The minimum absolute atomic E-state index is 0.456. The lowest BCUT2D eigenvalue weighted by molar-refractivity contribution is 0.769. The number of hydrogen-bond donors (Lipinski definition) is 0. The Kier molecular flexibility index (Phi) is 6.98. The van der Waals surface area contributed by atoms with Crippen molar-refractivity contribution in [3.8, 4) is 44.9 Å². The molecule has 0 spiro atoms. The molecule has 1 aliphatic carbocycles. The molecule has 0 N–H and O–H groups in total. The molecule has 0 saturated heterocycles. The van der Waals surface area contributed by atoms with E-state index in [1.807, 2.05) is 11.3 Å². The summed E-state index contributed by atoms with van der Waals surface area (Å²) in [4.78, 5) is 10.7. The third-order valence-corrected chi connectivity index (χ3v) is 12.3. The zero-order chi connectivity index (χ0) is 35.6. The lowest BCUT2D eigenvalue weighted by Crippen LogP contribution is -2.28. The third kappa shape index (κ3) is 4.59. The van der Waals surface area contributed by atoms with Crippen molar-refractivity contribution in [2.45, 2.75) is 5.41 Å². The van der Waals surface area contributed by atoms with Gasteiger partial charge in [0.1, 0.15) is 0 Å². The van der Waals surface area contributed by atoms with E-state index in [0.717, 1.165) is 44.7 Å². The Morgan fingerprint density at radius 3 is 1.76 bits per heavy atom. The summed E-state index contributed by atoms with van der Waals surface area (Å²) in [5.41, 5.74) is 13.5. The van der Waals surface area contributed by atoms with Crippen molar-refractivity contribution < 1.29 is 0 Å². The number of nitrogens with zero attached hydrogens (tertiary/aromatic N) is 2. The van der Waals surface area contributed by atoms with E-state index in [4.69, 9.17) is 9.97 Å². The van der Waals surface area contributed by atoms with Crippen molar-refractivity contribution >= 4 is 42.4 Å². The molecule has 0 fully saturated rings. The Hall–Kier alpha value is -6.68. The van der Waals surface area contributed by atoms with E-state index in [2.05, 4.69) is 194 Å². The molecular weight excluding hydrogens is 673 g/mol. The second-order valence-electron chi connectivity index (χ2n) is 14.1. The molecule has 2 nitrogen and oxygen atoms in total. The van der Waals surface area contributed by atoms with Gasteiger partial charge in [-0.05, 0) is 74.8 Å². The molecule has 54 heavy (non-hydrogen) atoms. The van der Waals surface area contributed by atoms with Crippen molar-refractivity contribution in [3.05, 3.63) is 216 Å². The Morgan fingerprint density at radius 1 is 0.389 bits per heavy atom. The lowest BCUT2D eigenvalue weighted by Gasteiger charge is -2.34. The van der Waals surface area contributed by atoms with Crippen LogP contribution in [-0.2, 0) is 5.41 Å². The van der Waals surface area contributed by atoms with E-state index in [9.17, 15) is 0 Å². The lowest BCUT2D eigenvalue weighted by atomic mass is 9.67.